The van der Waals surface area contributed by atoms with E-state index in [1.807, 2.05) is 77.5 Å². The van der Waals surface area contributed by atoms with E-state index in [0.717, 1.165) is 43.4 Å². The van der Waals surface area contributed by atoms with Crippen molar-refractivity contribution in [1.29, 1.82) is 5.26 Å². The molecule has 8 aromatic carbocycles. The normalized spacial score (nSPS) is 13.7. The summed E-state index contributed by atoms with van der Waals surface area (Å²) in [5, 5.41) is 17.1. The lowest BCUT2D eigenvalue weighted by atomic mass is 9.88. The van der Waals surface area contributed by atoms with Gasteiger partial charge >= 0.3 is 0 Å². The Morgan fingerprint density at radius 2 is 1.11 bits per heavy atom. The molecular formula is C49H27N5. The van der Waals surface area contributed by atoms with Crippen LogP contribution in [0.3, 0.4) is 0 Å². The number of para-hydroxylation sites is 2. The third-order valence-corrected chi connectivity index (χ3v) is 10.5. The van der Waals surface area contributed by atoms with Gasteiger partial charge in [-0.15, -0.1) is 0 Å². The predicted molar refractivity (Wildman–Crippen MR) is 221 cm³/mol. The van der Waals surface area contributed by atoms with Gasteiger partial charge in [-0.1, -0.05) is 121 Å². The Hall–Kier alpha value is -7.73. The van der Waals surface area contributed by atoms with Crippen molar-refractivity contribution < 1.29 is 11.0 Å². The summed E-state index contributed by atoms with van der Waals surface area (Å²) in [4.78, 5) is 8.77. The quantitative estimate of drug-likeness (QED) is 0.136. The van der Waals surface area contributed by atoms with Crippen molar-refractivity contribution in [3.63, 3.8) is 0 Å². The van der Waals surface area contributed by atoms with Crippen LogP contribution in [0.1, 0.15) is 16.5 Å². The zero-order valence-electron chi connectivity index (χ0n) is 36.2. The van der Waals surface area contributed by atoms with Crippen LogP contribution in [0.2, 0.25) is 0 Å². The first-order valence-corrected chi connectivity index (χ1v) is 17.2. The van der Waals surface area contributed by atoms with E-state index in [4.69, 9.17) is 12.1 Å². The van der Waals surface area contributed by atoms with Gasteiger partial charge in [-0.05, 0) is 57.6 Å². The summed E-state index contributed by atoms with van der Waals surface area (Å²) < 4.78 is 76.0. The van der Waals surface area contributed by atoms with Crippen molar-refractivity contribution in [3.05, 3.63) is 181 Å². The van der Waals surface area contributed by atoms with Crippen molar-refractivity contribution in [2.24, 2.45) is 0 Å². The van der Waals surface area contributed by atoms with Gasteiger partial charge in [-0.2, -0.15) is 5.26 Å². The molecule has 0 spiro atoms. The number of pyridine rings is 1. The van der Waals surface area contributed by atoms with Crippen LogP contribution in [0.5, 0.6) is 0 Å². The largest absolute Gasteiger partial charge is 0.318 e. The van der Waals surface area contributed by atoms with Crippen molar-refractivity contribution in [2.45, 2.75) is 0 Å². The van der Waals surface area contributed by atoms with Crippen LogP contribution in [0.25, 0.3) is 104 Å². The standard InChI is InChI=1S/C49H27N5/c1-51-47-43(30-14-4-2-5-15-30)37(28-50)48(53-39-22-10-8-18-33(39)34-19-9-11-23-40(34)53)44(31-16-6-3-7-17-31)49(47)54-41-24-12-20-35-32-26-27-52-29-38(32)36-21-13-25-42(54)46(36)45(35)41/h2-27,29H/i8D,9D,10D,11D,18D,19D,22D,23D. The van der Waals surface area contributed by atoms with E-state index < -0.39 is 48.3 Å². The van der Waals surface area contributed by atoms with E-state index >= 15 is 0 Å². The topological polar surface area (TPSA) is 50.9 Å². The molecular weight excluding hydrogens is 659 g/mol. The average Bonchev–Trinajstić information content (AvgIpc) is 3.85. The number of benzene rings is 8. The molecule has 5 heteroatoms. The molecule has 248 valence electrons. The molecule has 0 radical (unpaired) electrons. The molecule has 0 fully saturated rings. The number of hydrogen-bond donors (Lipinski definition) is 0. The fourth-order valence-corrected chi connectivity index (χ4v) is 8.42. The number of nitrogens with zero attached hydrogens (tertiary/aromatic N) is 5. The smallest absolute Gasteiger partial charge is 0.220 e. The van der Waals surface area contributed by atoms with Gasteiger partial charge in [0.05, 0.1) is 56.5 Å². The molecule has 0 saturated carbocycles. The van der Waals surface area contributed by atoms with Crippen molar-refractivity contribution in [2.75, 3.05) is 0 Å². The van der Waals surface area contributed by atoms with Gasteiger partial charge in [-0.3, -0.25) is 4.98 Å². The molecule has 0 N–H and O–H groups in total. The molecule has 5 nitrogen and oxygen atoms in total. The Labute approximate surface area is 321 Å². The van der Waals surface area contributed by atoms with Gasteiger partial charge in [0.2, 0.25) is 5.69 Å². The van der Waals surface area contributed by atoms with E-state index in [2.05, 4.69) is 28.0 Å². The van der Waals surface area contributed by atoms with Crippen LogP contribution < -0.4 is 0 Å². The molecule has 3 heterocycles. The molecule has 54 heavy (non-hydrogen) atoms. The fraction of sp³-hybridized carbons (Fsp3) is 0. The molecule has 0 bridgehead atoms. The molecule has 11 rings (SSSR count). The summed E-state index contributed by atoms with van der Waals surface area (Å²) in [5.41, 5.74) is 3.42. The van der Waals surface area contributed by atoms with Gasteiger partial charge in [-0.25, -0.2) is 4.85 Å². The van der Waals surface area contributed by atoms with Gasteiger partial charge in [0.25, 0.3) is 0 Å². The number of hydrogen-bond acceptors (Lipinski definition) is 2. The van der Waals surface area contributed by atoms with E-state index in [1.54, 1.807) is 30.5 Å². The molecule has 0 saturated heterocycles. The molecule has 0 atom stereocenters. The lowest BCUT2D eigenvalue weighted by Gasteiger charge is -2.25. The van der Waals surface area contributed by atoms with Crippen LogP contribution in [0.4, 0.5) is 5.69 Å². The highest BCUT2D eigenvalue weighted by Gasteiger charge is 2.32. The van der Waals surface area contributed by atoms with Crippen LogP contribution in [-0.4, -0.2) is 14.1 Å². The van der Waals surface area contributed by atoms with Crippen molar-refractivity contribution in [1.82, 2.24) is 14.1 Å². The first-order valence-electron chi connectivity index (χ1n) is 21.2. The summed E-state index contributed by atoms with van der Waals surface area (Å²) in [6, 6.07) is 30.2. The van der Waals surface area contributed by atoms with Gasteiger partial charge in [0, 0.05) is 50.5 Å². The number of nitriles is 1. The zero-order valence-corrected chi connectivity index (χ0v) is 28.2. The Kier molecular flexibility index (Phi) is 4.84. The first kappa shape index (κ1) is 23.0. The number of fused-ring (bicyclic) bond motifs is 6. The minimum atomic E-state index is -0.585. The van der Waals surface area contributed by atoms with E-state index in [1.165, 1.54) is 4.57 Å². The fourth-order valence-electron chi connectivity index (χ4n) is 8.42. The summed E-state index contributed by atoms with van der Waals surface area (Å²) in [6.45, 7) is 9.05. The van der Waals surface area contributed by atoms with Gasteiger partial charge in [0.15, 0.2) is 0 Å². The maximum atomic E-state index is 11.6. The number of aromatic nitrogens is 3. The van der Waals surface area contributed by atoms with Crippen LogP contribution in [0, 0.1) is 17.9 Å². The molecule has 0 aliphatic heterocycles. The Morgan fingerprint density at radius 3 is 1.70 bits per heavy atom. The molecule has 0 aliphatic rings. The second-order valence-corrected chi connectivity index (χ2v) is 13.1. The zero-order chi connectivity index (χ0) is 42.9. The van der Waals surface area contributed by atoms with E-state index in [0.29, 0.717) is 22.4 Å². The Morgan fingerprint density at radius 1 is 0.556 bits per heavy atom. The minimum absolute atomic E-state index is 0.0339. The second-order valence-electron chi connectivity index (χ2n) is 13.1. The van der Waals surface area contributed by atoms with Crippen LogP contribution in [0.15, 0.2) is 164 Å². The van der Waals surface area contributed by atoms with Gasteiger partial charge in [0.1, 0.15) is 6.07 Å². The Balaban J connectivity index is 1.51. The third kappa shape index (κ3) is 3.93. The third-order valence-electron chi connectivity index (χ3n) is 10.5. The lowest BCUT2D eigenvalue weighted by Crippen LogP contribution is -2.08. The summed E-state index contributed by atoms with van der Waals surface area (Å²) in [5.74, 6) is 0. The highest BCUT2D eigenvalue weighted by atomic mass is 15.0. The van der Waals surface area contributed by atoms with Gasteiger partial charge < -0.3 is 9.13 Å². The van der Waals surface area contributed by atoms with Crippen LogP contribution >= 0.6 is 0 Å². The highest BCUT2D eigenvalue weighted by Crippen LogP contribution is 2.53. The molecule has 0 aliphatic carbocycles. The van der Waals surface area contributed by atoms with E-state index in [-0.39, 0.29) is 44.3 Å². The van der Waals surface area contributed by atoms with Crippen LogP contribution in [-0.2, 0) is 0 Å². The maximum absolute atomic E-state index is 11.6. The molecule has 0 unspecified atom stereocenters. The van der Waals surface area contributed by atoms with E-state index in [9.17, 15) is 10.7 Å². The highest BCUT2D eigenvalue weighted by molar-refractivity contribution is 6.34. The van der Waals surface area contributed by atoms with Crippen molar-refractivity contribution >= 4 is 70.8 Å². The lowest BCUT2D eigenvalue weighted by molar-refractivity contribution is 1.13. The SMILES string of the molecule is [2H]c1c([2H])c([2H])c2c(c1[2H])c1c([2H])c([2H])c([2H])c([2H])c1n2-c1c(C#N)c(-c2ccccc2)c([N+]#[C-])c(-n2c3cccc4c5ccncc5c5cccc2c5c43)c1-c1ccccc1. The molecule has 0 amide bonds. The minimum Gasteiger partial charge on any atom is -0.318 e. The number of rotatable bonds is 4. The Bertz CT molecular complexity index is 3700. The maximum Gasteiger partial charge on any atom is 0.220 e. The second kappa shape index (κ2) is 11.4. The van der Waals surface area contributed by atoms with Crippen molar-refractivity contribution in [3.8, 4) is 39.7 Å². The summed E-state index contributed by atoms with van der Waals surface area (Å²) >= 11 is 0. The predicted octanol–water partition coefficient (Wildman–Crippen LogP) is 12.8. The molecule has 11 aromatic rings. The summed E-state index contributed by atoms with van der Waals surface area (Å²) in [7, 11) is 0. The molecule has 3 aromatic heterocycles. The monoisotopic (exact) mass is 693 g/mol. The first-order chi connectivity index (χ1) is 30.1. The average molecular weight is 694 g/mol. The summed E-state index contributed by atoms with van der Waals surface area (Å²) in [6.07, 6.45) is 3.61.